The predicted molar refractivity (Wildman–Crippen MR) is 60.5 cm³/mol. The van der Waals surface area contributed by atoms with Crippen LogP contribution in [0.2, 0.25) is 0 Å². The van der Waals surface area contributed by atoms with Gasteiger partial charge in [0.05, 0.1) is 0 Å². The van der Waals surface area contributed by atoms with Crippen LogP contribution in [0.15, 0.2) is 0 Å². The lowest BCUT2D eigenvalue weighted by Gasteiger charge is -2.41. The van der Waals surface area contributed by atoms with Crippen molar-refractivity contribution in [3.63, 3.8) is 0 Å². The molecule has 0 aromatic carbocycles. The zero-order valence-corrected chi connectivity index (χ0v) is 9.63. The highest BCUT2D eigenvalue weighted by molar-refractivity contribution is 4.86. The molecule has 1 saturated heterocycles. The lowest BCUT2D eigenvalue weighted by molar-refractivity contribution is 0.0974. The normalized spacial score (nSPS) is 38.4. The van der Waals surface area contributed by atoms with Crippen molar-refractivity contribution in [3.8, 4) is 0 Å². The van der Waals surface area contributed by atoms with Crippen LogP contribution in [0.5, 0.6) is 0 Å². The van der Waals surface area contributed by atoms with Crippen LogP contribution in [0.4, 0.5) is 0 Å². The Morgan fingerprint density at radius 1 is 1.29 bits per heavy atom. The Balaban J connectivity index is 1.68. The molecule has 14 heavy (non-hydrogen) atoms. The summed E-state index contributed by atoms with van der Waals surface area (Å²) in [6, 6.07) is 1.65. The minimum atomic E-state index is 0.768. The molecule has 2 rings (SSSR count). The molecule has 0 aromatic rings. The van der Waals surface area contributed by atoms with Gasteiger partial charge in [0.2, 0.25) is 0 Å². The molecule has 82 valence electrons. The number of nitrogens with zero attached hydrogens (tertiary/aromatic N) is 1. The lowest BCUT2D eigenvalue weighted by atomic mass is 9.81. The molecule has 0 spiro atoms. The second-order valence-corrected chi connectivity index (χ2v) is 5.32. The second-order valence-electron chi connectivity index (χ2n) is 5.32. The van der Waals surface area contributed by atoms with Crippen molar-refractivity contribution in [2.24, 2.45) is 5.92 Å². The van der Waals surface area contributed by atoms with E-state index in [4.69, 9.17) is 0 Å². The molecule has 0 radical (unpaired) electrons. The third kappa shape index (κ3) is 2.48. The summed E-state index contributed by atoms with van der Waals surface area (Å²) in [4.78, 5) is 2.57. The number of likely N-dealkylation sites (N-methyl/N-ethyl adjacent to an activating group) is 1. The van der Waals surface area contributed by atoms with E-state index in [1.54, 1.807) is 0 Å². The minimum Gasteiger partial charge on any atom is -0.313 e. The highest BCUT2D eigenvalue weighted by Gasteiger charge is 2.29. The van der Waals surface area contributed by atoms with Crippen LogP contribution in [0, 0.1) is 5.92 Å². The number of nitrogens with one attached hydrogen (secondary N) is 1. The molecule has 0 amide bonds. The fraction of sp³-hybridized carbons (Fsp3) is 1.00. The molecule has 1 saturated carbocycles. The second kappa shape index (κ2) is 4.63. The Hall–Kier alpha value is -0.0800. The molecule has 1 heterocycles. The Kier molecular flexibility index (Phi) is 3.45. The van der Waals surface area contributed by atoms with Gasteiger partial charge in [0.15, 0.2) is 0 Å². The maximum absolute atomic E-state index is 3.62. The van der Waals surface area contributed by atoms with Gasteiger partial charge in [-0.05, 0) is 45.2 Å². The average Bonchev–Trinajstić information content (AvgIpc) is 2.14. The van der Waals surface area contributed by atoms with E-state index >= 15 is 0 Å². The van der Waals surface area contributed by atoms with Crippen molar-refractivity contribution in [3.05, 3.63) is 0 Å². The van der Waals surface area contributed by atoms with Gasteiger partial charge in [0.25, 0.3) is 0 Å². The first-order valence-electron chi connectivity index (χ1n) is 6.19. The summed E-state index contributed by atoms with van der Waals surface area (Å²) in [5.41, 5.74) is 0. The molecule has 2 nitrogen and oxygen atoms in total. The number of rotatable bonds is 3. The van der Waals surface area contributed by atoms with E-state index in [-0.39, 0.29) is 0 Å². The Labute approximate surface area is 88.1 Å². The summed E-state index contributed by atoms with van der Waals surface area (Å²) in [6.45, 7) is 4.86. The van der Waals surface area contributed by atoms with E-state index in [9.17, 15) is 0 Å². The van der Waals surface area contributed by atoms with Crippen LogP contribution in [0.1, 0.15) is 39.0 Å². The monoisotopic (exact) mass is 196 g/mol. The fourth-order valence-electron chi connectivity index (χ4n) is 2.80. The maximum Gasteiger partial charge on any atom is 0.0195 e. The fourth-order valence-corrected chi connectivity index (χ4v) is 2.80. The van der Waals surface area contributed by atoms with Crippen LogP contribution in [0.3, 0.4) is 0 Å². The maximum atomic E-state index is 3.62. The van der Waals surface area contributed by atoms with Gasteiger partial charge in [-0.3, -0.25) is 0 Å². The summed E-state index contributed by atoms with van der Waals surface area (Å²) in [5, 5.41) is 3.62. The van der Waals surface area contributed by atoms with Crippen molar-refractivity contribution in [2.45, 2.75) is 51.1 Å². The standard InChI is InChI=1S/C12H24N2/c1-10-7-12(8-10)14(2)9-11-5-3-4-6-13-11/h10-13H,3-9H2,1-2H3. The van der Waals surface area contributed by atoms with Crippen LogP contribution >= 0.6 is 0 Å². The molecule has 0 aromatic heterocycles. The molecule has 2 heteroatoms. The number of piperidine rings is 1. The van der Waals surface area contributed by atoms with Crippen molar-refractivity contribution in [1.82, 2.24) is 10.2 Å². The average molecular weight is 196 g/mol. The Bertz CT molecular complexity index is 169. The van der Waals surface area contributed by atoms with Gasteiger partial charge in [-0.1, -0.05) is 13.3 Å². The topological polar surface area (TPSA) is 15.3 Å². The molecule has 1 atom stereocenters. The minimum absolute atomic E-state index is 0.768. The molecular formula is C12H24N2. The number of hydrogen-bond donors (Lipinski definition) is 1. The lowest BCUT2D eigenvalue weighted by Crippen LogP contribution is -2.49. The molecule has 1 N–H and O–H groups in total. The number of hydrogen-bond acceptors (Lipinski definition) is 2. The molecule has 1 unspecified atom stereocenters. The first-order chi connectivity index (χ1) is 6.75. The third-order valence-corrected chi connectivity index (χ3v) is 3.89. The first-order valence-corrected chi connectivity index (χ1v) is 6.19. The summed E-state index contributed by atoms with van der Waals surface area (Å²) in [6.07, 6.45) is 7.02. The van der Waals surface area contributed by atoms with Gasteiger partial charge in [0, 0.05) is 18.6 Å². The molecule has 2 fully saturated rings. The Morgan fingerprint density at radius 2 is 2.07 bits per heavy atom. The smallest absolute Gasteiger partial charge is 0.0195 e. The van der Waals surface area contributed by atoms with E-state index in [1.165, 1.54) is 45.2 Å². The molecule has 2 aliphatic rings. The van der Waals surface area contributed by atoms with Gasteiger partial charge >= 0.3 is 0 Å². The van der Waals surface area contributed by atoms with Crippen molar-refractivity contribution in [2.75, 3.05) is 20.1 Å². The van der Waals surface area contributed by atoms with Crippen molar-refractivity contribution < 1.29 is 0 Å². The molecule has 1 aliphatic carbocycles. The van der Waals surface area contributed by atoms with Gasteiger partial charge in [-0.15, -0.1) is 0 Å². The quantitative estimate of drug-likeness (QED) is 0.741. The Morgan fingerprint density at radius 3 is 2.64 bits per heavy atom. The third-order valence-electron chi connectivity index (χ3n) is 3.89. The van der Waals surface area contributed by atoms with E-state index in [2.05, 4.69) is 24.2 Å². The predicted octanol–water partition coefficient (Wildman–Crippen LogP) is 1.86. The summed E-state index contributed by atoms with van der Waals surface area (Å²) in [5.74, 6) is 0.974. The van der Waals surface area contributed by atoms with E-state index in [0.717, 1.165) is 18.0 Å². The largest absolute Gasteiger partial charge is 0.313 e. The van der Waals surface area contributed by atoms with Gasteiger partial charge < -0.3 is 10.2 Å². The van der Waals surface area contributed by atoms with Crippen LogP contribution in [0.25, 0.3) is 0 Å². The van der Waals surface area contributed by atoms with Crippen LogP contribution in [-0.2, 0) is 0 Å². The van der Waals surface area contributed by atoms with Gasteiger partial charge in [-0.2, -0.15) is 0 Å². The summed E-state index contributed by atoms with van der Waals surface area (Å²) < 4.78 is 0. The van der Waals surface area contributed by atoms with Gasteiger partial charge in [-0.25, -0.2) is 0 Å². The molecular weight excluding hydrogens is 172 g/mol. The van der Waals surface area contributed by atoms with E-state index in [0.29, 0.717) is 0 Å². The van der Waals surface area contributed by atoms with Crippen LogP contribution < -0.4 is 5.32 Å². The highest BCUT2D eigenvalue weighted by Crippen LogP contribution is 2.30. The molecule has 1 aliphatic heterocycles. The van der Waals surface area contributed by atoms with Crippen molar-refractivity contribution in [1.29, 1.82) is 0 Å². The first kappa shape index (κ1) is 10.4. The van der Waals surface area contributed by atoms with E-state index in [1.807, 2.05) is 0 Å². The SMILES string of the molecule is CC1CC(N(C)CC2CCCCN2)C1. The van der Waals surface area contributed by atoms with E-state index < -0.39 is 0 Å². The zero-order valence-electron chi connectivity index (χ0n) is 9.63. The van der Waals surface area contributed by atoms with Crippen molar-refractivity contribution >= 4 is 0 Å². The van der Waals surface area contributed by atoms with Gasteiger partial charge in [0.1, 0.15) is 0 Å². The summed E-state index contributed by atoms with van der Waals surface area (Å²) >= 11 is 0. The zero-order chi connectivity index (χ0) is 9.97. The molecule has 0 bridgehead atoms. The highest BCUT2D eigenvalue weighted by atomic mass is 15.2. The van der Waals surface area contributed by atoms with Crippen LogP contribution in [-0.4, -0.2) is 37.1 Å². The summed E-state index contributed by atoms with van der Waals surface area (Å²) in [7, 11) is 2.30.